The summed E-state index contributed by atoms with van der Waals surface area (Å²) in [5.74, 6) is -0.424. The third-order valence-electron chi connectivity index (χ3n) is 2.43. The number of hydrogen-bond donors (Lipinski definition) is 2. The molecule has 3 N–H and O–H groups in total. The molecular formula is C12H9BrCl2N2OS. The second-order valence-corrected chi connectivity index (χ2v) is 6.35. The first-order valence-corrected chi connectivity index (χ1v) is 7.66. The molecule has 0 atom stereocenters. The van der Waals surface area contributed by atoms with Crippen molar-refractivity contribution in [2.75, 3.05) is 5.32 Å². The van der Waals surface area contributed by atoms with E-state index >= 15 is 0 Å². The zero-order valence-electron chi connectivity index (χ0n) is 9.54. The Morgan fingerprint density at radius 3 is 2.74 bits per heavy atom. The smallest absolute Gasteiger partial charge is 0.249 e. The summed E-state index contributed by atoms with van der Waals surface area (Å²) in [4.78, 5) is 12.0. The maximum Gasteiger partial charge on any atom is 0.249 e. The predicted octanol–water partition coefficient (Wildman–Crippen LogP) is 4.53. The van der Waals surface area contributed by atoms with E-state index in [0.717, 1.165) is 15.0 Å². The lowest BCUT2D eigenvalue weighted by molar-refractivity contribution is 0.100. The Balaban J connectivity index is 2.10. The first-order valence-electron chi connectivity index (χ1n) is 5.23. The number of carbonyl (C=O) groups is 1. The Bertz CT molecular complexity index is 630. The molecule has 7 heteroatoms. The average Bonchev–Trinajstić information content (AvgIpc) is 2.84. The van der Waals surface area contributed by atoms with Gasteiger partial charge in [0, 0.05) is 21.3 Å². The number of primary amides is 1. The summed E-state index contributed by atoms with van der Waals surface area (Å²) >= 11 is 16.9. The van der Waals surface area contributed by atoms with Gasteiger partial charge in [0.1, 0.15) is 0 Å². The Hall–Kier alpha value is -0.750. The van der Waals surface area contributed by atoms with Gasteiger partial charge in [-0.05, 0) is 34.1 Å². The van der Waals surface area contributed by atoms with Gasteiger partial charge in [0.15, 0.2) is 0 Å². The van der Waals surface area contributed by atoms with Crippen molar-refractivity contribution in [3.63, 3.8) is 0 Å². The quantitative estimate of drug-likeness (QED) is 0.766. The monoisotopic (exact) mass is 378 g/mol. The van der Waals surface area contributed by atoms with Crippen LogP contribution in [-0.4, -0.2) is 5.91 Å². The second kappa shape index (κ2) is 6.13. The molecule has 0 spiro atoms. The highest BCUT2D eigenvalue weighted by Gasteiger charge is 2.09. The fourth-order valence-corrected chi connectivity index (χ4v) is 3.10. The zero-order chi connectivity index (χ0) is 14.0. The molecule has 0 saturated carbocycles. The molecule has 100 valence electrons. The van der Waals surface area contributed by atoms with Crippen molar-refractivity contribution in [1.29, 1.82) is 0 Å². The largest absolute Gasteiger partial charge is 0.379 e. The number of amides is 1. The van der Waals surface area contributed by atoms with E-state index in [1.165, 1.54) is 11.3 Å². The van der Waals surface area contributed by atoms with Crippen LogP contribution in [0.2, 0.25) is 10.0 Å². The van der Waals surface area contributed by atoms with Gasteiger partial charge < -0.3 is 11.1 Å². The van der Waals surface area contributed by atoms with Crippen molar-refractivity contribution in [2.24, 2.45) is 5.73 Å². The van der Waals surface area contributed by atoms with E-state index in [4.69, 9.17) is 28.9 Å². The van der Waals surface area contributed by atoms with E-state index in [0.29, 0.717) is 22.2 Å². The maximum atomic E-state index is 11.0. The molecule has 1 aromatic carbocycles. The minimum absolute atomic E-state index is 0.424. The number of nitrogens with one attached hydrogen (secondary N) is 1. The normalized spacial score (nSPS) is 10.5. The van der Waals surface area contributed by atoms with Crippen LogP contribution in [0.1, 0.15) is 15.2 Å². The number of nitrogens with two attached hydrogens (primary N) is 1. The lowest BCUT2D eigenvalue weighted by Gasteiger charge is -2.09. The molecule has 0 bridgehead atoms. The summed E-state index contributed by atoms with van der Waals surface area (Å²) in [6.45, 7) is 0.551. The Morgan fingerprint density at radius 1 is 1.37 bits per heavy atom. The van der Waals surface area contributed by atoms with Crippen molar-refractivity contribution < 1.29 is 4.79 Å². The summed E-state index contributed by atoms with van der Waals surface area (Å²) < 4.78 is 0.747. The van der Waals surface area contributed by atoms with Crippen molar-refractivity contribution >= 4 is 62.1 Å². The number of thiophene rings is 1. The fourth-order valence-electron chi connectivity index (χ4n) is 1.45. The topological polar surface area (TPSA) is 55.1 Å². The van der Waals surface area contributed by atoms with Crippen molar-refractivity contribution in [1.82, 2.24) is 0 Å². The second-order valence-electron chi connectivity index (χ2n) is 3.74. The summed E-state index contributed by atoms with van der Waals surface area (Å²) in [6, 6.07) is 5.41. The van der Waals surface area contributed by atoms with Crippen LogP contribution in [0.15, 0.2) is 28.1 Å². The van der Waals surface area contributed by atoms with E-state index < -0.39 is 5.91 Å². The summed E-state index contributed by atoms with van der Waals surface area (Å²) in [7, 11) is 0. The molecule has 1 heterocycles. The lowest BCUT2D eigenvalue weighted by atomic mass is 10.3. The molecule has 0 unspecified atom stereocenters. The highest BCUT2D eigenvalue weighted by molar-refractivity contribution is 9.10. The van der Waals surface area contributed by atoms with Crippen LogP contribution in [0, 0.1) is 0 Å². The molecule has 0 fully saturated rings. The van der Waals surface area contributed by atoms with E-state index in [1.54, 1.807) is 11.4 Å². The van der Waals surface area contributed by atoms with Gasteiger partial charge in [-0.1, -0.05) is 23.2 Å². The molecule has 2 rings (SSSR count). The average molecular weight is 380 g/mol. The van der Waals surface area contributed by atoms with Crippen molar-refractivity contribution in [3.8, 4) is 0 Å². The van der Waals surface area contributed by atoms with Gasteiger partial charge in [-0.25, -0.2) is 0 Å². The molecule has 0 radical (unpaired) electrons. The molecule has 0 aliphatic rings. The van der Waals surface area contributed by atoms with Gasteiger partial charge in [-0.3, -0.25) is 4.79 Å². The van der Waals surface area contributed by atoms with Crippen LogP contribution in [0.4, 0.5) is 5.69 Å². The molecular weight excluding hydrogens is 371 g/mol. The number of carbonyl (C=O) groups excluding carboxylic acids is 1. The minimum atomic E-state index is -0.424. The molecule has 3 nitrogen and oxygen atoms in total. The van der Waals surface area contributed by atoms with Crippen LogP contribution >= 0.6 is 50.5 Å². The van der Waals surface area contributed by atoms with Crippen LogP contribution in [0.3, 0.4) is 0 Å². The van der Waals surface area contributed by atoms with Gasteiger partial charge >= 0.3 is 0 Å². The predicted molar refractivity (Wildman–Crippen MR) is 84.3 cm³/mol. The molecule has 1 aromatic heterocycles. The Kier molecular flexibility index (Phi) is 4.73. The van der Waals surface area contributed by atoms with Crippen LogP contribution in [0.25, 0.3) is 0 Å². The SMILES string of the molecule is NC(=O)c1csc(CNc2ccc(Br)c(Cl)c2Cl)c1. The Labute approximate surface area is 132 Å². The van der Waals surface area contributed by atoms with Gasteiger partial charge in [0.25, 0.3) is 0 Å². The number of benzene rings is 1. The number of hydrogen-bond acceptors (Lipinski definition) is 3. The zero-order valence-corrected chi connectivity index (χ0v) is 13.5. The van der Waals surface area contributed by atoms with Gasteiger partial charge in [-0.15, -0.1) is 11.3 Å². The van der Waals surface area contributed by atoms with Crippen LogP contribution in [0.5, 0.6) is 0 Å². The third kappa shape index (κ3) is 3.42. The minimum Gasteiger partial charge on any atom is -0.379 e. The van der Waals surface area contributed by atoms with Gasteiger partial charge in [0.2, 0.25) is 5.91 Å². The Morgan fingerprint density at radius 2 is 2.11 bits per heavy atom. The molecule has 19 heavy (non-hydrogen) atoms. The van der Waals surface area contributed by atoms with Crippen LogP contribution < -0.4 is 11.1 Å². The van der Waals surface area contributed by atoms with E-state index in [1.807, 2.05) is 12.1 Å². The molecule has 0 saturated heterocycles. The summed E-state index contributed by atoms with van der Waals surface area (Å²) in [5, 5.41) is 5.83. The number of rotatable bonds is 4. The van der Waals surface area contributed by atoms with E-state index in [-0.39, 0.29) is 0 Å². The lowest BCUT2D eigenvalue weighted by Crippen LogP contribution is -2.09. The van der Waals surface area contributed by atoms with E-state index in [2.05, 4.69) is 21.2 Å². The molecule has 0 aliphatic heterocycles. The van der Waals surface area contributed by atoms with Crippen molar-refractivity contribution in [2.45, 2.75) is 6.54 Å². The highest BCUT2D eigenvalue weighted by Crippen LogP contribution is 2.36. The molecule has 1 amide bonds. The van der Waals surface area contributed by atoms with E-state index in [9.17, 15) is 4.79 Å². The van der Waals surface area contributed by atoms with Crippen LogP contribution in [-0.2, 0) is 6.54 Å². The first-order chi connectivity index (χ1) is 8.99. The maximum absolute atomic E-state index is 11.0. The number of halogens is 3. The summed E-state index contributed by atoms with van der Waals surface area (Å²) in [5.41, 5.74) is 6.45. The third-order valence-corrected chi connectivity index (χ3v) is 5.13. The fraction of sp³-hybridized carbons (Fsp3) is 0.0833. The standard InChI is InChI=1S/C12H9BrCl2N2OS/c13-8-1-2-9(11(15)10(8)14)17-4-7-3-6(5-19-7)12(16)18/h1-3,5,17H,4H2,(H2,16,18). The summed E-state index contributed by atoms with van der Waals surface area (Å²) in [6.07, 6.45) is 0. The van der Waals surface area contributed by atoms with Gasteiger partial charge in [0.05, 0.1) is 21.3 Å². The van der Waals surface area contributed by atoms with Crippen molar-refractivity contribution in [3.05, 3.63) is 48.5 Å². The first kappa shape index (κ1) is 14.7. The highest BCUT2D eigenvalue weighted by atomic mass is 79.9. The molecule has 2 aromatic rings. The van der Waals surface area contributed by atoms with Gasteiger partial charge in [-0.2, -0.15) is 0 Å². The number of anilines is 1. The molecule has 0 aliphatic carbocycles.